The van der Waals surface area contributed by atoms with Gasteiger partial charge in [-0.2, -0.15) is 0 Å². The Morgan fingerprint density at radius 2 is 1.90 bits per heavy atom. The van der Waals surface area contributed by atoms with Crippen molar-refractivity contribution in [3.05, 3.63) is 0 Å². The molecule has 60 valence electrons. The Bertz CT molecular complexity index is 117. The van der Waals surface area contributed by atoms with E-state index in [4.69, 9.17) is 4.43 Å². The first kappa shape index (κ1) is 9.49. The maximum Gasteiger partial charge on any atom is 0.494 e. The van der Waals surface area contributed by atoms with Crippen molar-refractivity contribution in [2.45, 2.75) is 26.6 Å². The number of rotatable bonds is 2. The summed E-state index contributed by atoms with van der Waals surface area (Å²) >= 11 is 0. The van der Waals surface area contributed by atoms with Crippen LogP contribution in [-0.4, -0.2) is 21.1 Å². The zero-order valence-corrected chi connectivity index (χ0v) is 7.93. The van der Waals surface area contributed by atoms with Crippen molar-refractivity contribution >= 4 is 14.5 Å². The van der Waals surface area contributed by atoms with Gasteiger partial charge in [0, 0.05) is 0 Å². The lowest BCUT2D eigenvalue weighted by molar-refractivity contribution is 0.102. The first-order valence-electron chi connectivity index (χ1n) is 3.31. The molecule has 0 saturated heterocycles. The van der Waals surface area contributed by atoms with Gasteiger partial charge in [0.25, 0.3) is 8.32 Å². The highest BCUT2D eigenvalue weighted by Gasteiger charge is 2.20. The molecule has 0 amide bonds. The van der Waals surface area contributed by atoms with Gasteiger partial charge in [-0.25, -0.2) is 4.79 Å². The summed E-state index contributed by atoms with van der Waals surface area (Å²) in [4.78, 5) is 10.6. The van der Waals surface area contributed by atoms with Crippen LogP contribution in [0.2, 0.25) is 19.6 Å². The molecule has 0 bridgehead atoms. The molecule has 4 heteroatoms. The van der Waals surface area contributed by atoms with Gasteiger partial charge in [0.05, 0.1) is 6.61 Å². The predicted octanol–water partition coefficient (Wildman–Crippen LogP) is 1.99. The molecule has 0 spiro atoms. The van der Waals surface area contributed by atoms with Crippen LogP contribution < -0.4 is 0 Å². The summed E-state index contributed by atoms with van der Waals surface area (Å²) in [6, 6.07) is 0. The van der Waals surface area contributed by atoms with Gasteiger partial charge in [-0.3, -0.25) is 0 Å². The number of carbonyl (C=O) groups is 1. The molecule has 0 unspecified atom stereocenters. The van der Waals surface area contributed by atoms with Crippen molar-refractivity contribution in [2.75, 3.05) is 6.61 Å². The molecule has 3 nitrogen and oxygen atoms in total. The third-order valence-electron chi connectivity index (χ3n) is 0.652. The van der Waals surface area contributed by atoms with E-state index in [-0.39, 0.29) is 0 Å². The third kappa shape index (κ3) is 5.62. The molecule has 0 fully saturated rings. The summed E-state index contributed by atoms with van der Waals surface area (Å²) in [5.41, 5.74) is 0. The van der Waals surface area contributed by atoms with E-state index in [1.54, 1.807) is 6.92 Å². The highest BCUT2D eigenvalue weighted by atomic mass is 28.4. The van der Waals surface area contributed by atoms with Crippen molar-refractivity contribution in [2.24, 2.45) is 0 Å². The summed E-state index contributed by atoms with van der Waals surface area (Å²) in [5, 5.41) is 0. The monoisotopic (exact) mass is 162 g/mol. The van der Waals surface area contributed by atoms with Gasteiger partial charge in [-0.1, -0.05) is 0 Å². The minimum absolute atomic E-state index is 0.378. The number of ether oxygens (including phenoxy) is 1. The molecule has 0 aromatic carbocycles. The van der Waals surface area contributed by atoms with Crippen LogP contribution in [0.4, 0.5) is 4.79 Å². The van der Waals surface area contributed by atoms with Gasteiger partial charge >= 0.3 is 6.16 Å². The third-order valence-corrected chi connectivity index (χ3v) is 1.43. The van der Waals surface area contributed by atoms with Crippen LogP contribution in [0.25, 0.3) is 0 Å². The summed E-state index contributed by atoms with van der Waals surface area (Å²) in [6.07, 6.45) is -0.540. The van der Waals surface area contributed by atoms with E-state index in [9.17, 15) is 4.79 Å². The molecule has 0 aliphatic heterocycles. The Balaban J connectivity index is 3.58. The van der Waals surface area contributed by atoms with E-state index in [0.717, 1.165) is 0 Å². The molecular formula is C6H14O3Si. The van der Waals surface area contributed by atoms with Gasteiger partial charge in [-0.05, 0) is 26.6 Å². The van der Waals surface area contributed by atoms with Gasteiger partial charge in [0.2, 0.25) is 0 Å². The van der Waals surface area contributed by atoms with E-state index in [1.807, 2.05) is 19.6 Å². The van der Waals surface area contributed by atoms with E-state index < -0.39 is 14.5 Å². The quantitative estimate of drug-likeness (QED) is 0.460. The summed E-state index contributed by atoms with van der Waals surface area (Å²) in [5.74, 6) is 0. The summed E-state index contributed by atoms with van der Waals surface area (Å²) < 4.78 is 9.55. The van der Waals surface area contributed by atoms with Crippen LogP contribution >= 0.6 is 0 Å². The highest BCUT2D eigenvalue weighted by molar-refractivity contribution is 6.71. The molecule has 0 aromatic rings. The second-order valence-electron chi connectivity index (χ2n) is 2.90. The number of hydrogen-bond donors (Lipinski definition) is 0. The van der Waals surface area contributed by atoms with Crippen LogP contribution in [0.3, 0.4) is 0 Å². The molecule has 0 radical (unpaired) electrons. The van der Waals surface area contributed by atoms with Crippen molar-refractivity contribution in [3.8, 4) is 0 Å². The van der Waals surface area contributed by atoms with Gasteiger partial charge in [-0.15, -0.1) is 0 Å². The average molecular weight is 162 g/mol. The molecule has 10 heavy (non-hydrogen) atoms. The second-order valence-corrected chi connectivity index (χ2v) is 7.33. The molecule has 0 aliphatic carbocycles. The molecule has 0 heterocycles. The molecule has 0 aliphatic rings. The number of hydrogen-bond acceptors (Lipinski definition) is 3. The Kier molecular flexibility index (Phi) is 3.42. The van der Waals surface area contributed by atoms with E-state index in [0.29, 0.717) is 6.61 Å². The van der Waals surface area contributed by atoms with Crippen molar-refractivity contribution in [1.82, 2.24) is 0 Å². The molecule has 0 atom stereocenters. The van der Waals surface area contributed by atoms with Gasteiger partial charge < -0.3 is 9.16 Å². The van der Waals surface area contributed by atoms with E-state index in [2.05, 4.69) is 4.74 Å². The van der Waals surface area contributed by atoms with E-state index in [1.165, 1.54) is 0 Å². The first-order valence-corrected chi connectivity index (χ1v) is 6.72. The Morgan fingerprint density at radius 1 is 1.40 bits per heavy atom. The molecule has 0 N–H and O–H groups in total. The van der Waals surface area contributed by atoms with Crippen molar-refractivity contribution in [3.63, 3.8) is 0 Å². The van der Waals surface area contributed by atoms with Gasteiger partial charge in [0.15, 0.2) is 0 Å². The maximum absolute atomic E-state index is 10.6. The Morgan fingerprint density at radius 3 is 2.20 bits per heavy atom. The maximum atomic E-state index is 10.6. The predicted molar refractivity (Wildman–Crippen MR) is 41.5 cm³/mol. The fraction of sp³-hybridized carbons (Fsp3) is 0.833. The molecular weight excluding hydrogens is 148 g/mol. The second kappa shape index (κ2) is 3.61. The lowest BCUT2D eigenvalue weighted by atomic mass is 10.9. The largest absolute Gasteiger partial charge is 0.494 e. The lowest BCUT2D eigenvalue weighted by Gasteiger charge is -2.15. The van der Waals surface area contributed by atoms with Crippen LogP contribution in [0, 0.1) is 0 Å². The molecule has 0 aromatic heterocycles. The van der Waals surface area contributed by atoms with Crippen LogP contribution in [0.5, 0.6) is 0 Å². The topological polar surface area (TPSA) is 35.5 Å². The van der Waals surface area contributed by atoms with Crippen molar-refractivity contribution < 1.29 is 14.0 Å². The van der Waals surface area contributed by atoms with Crippen molar-refractivity contribution in [1.29, 1.82) is 0 Å². The highest BCUT2D eigenvalue weighted by Crippen LogP contribution is 2.03. The minimum atomic E-state index is -1.73. The van der Waals surface area contributed by atoms with Crippen LogP contribution in [0.15, 0.2) is 0 Å². The standard InChI is InChI=1S/C6H14O3Si/c1-5-8-6(7)9-10(2,3)4/h5H2,1-4H3. The fourth-order valence-electron chi connectivity index (χ4n) is 0.397. The summed E-state index contributed by atoms with van der Waals surface area (Å²) in [6.45, 7) is 7.94. The smallest absolute Gasteiger partial charge is 0.490 e. The first-order chi connectivity index (χ1) is 4.45. The Hall–Kier alpha value is -0.513. The zero-order chi connectivity index (χ0) is 8.20. The fourth-order valence-corrected chi connectivity index (χ4v) is 0.956. The van der Waals surface area contributed by atoms with Crippen LogP contribution in [0.1, 0.15) is 6.92 Å². The molecule has 0 rings (SSSR count). The van der Waals surface area contributed by atoms with E-state index >= 15 is 0 Å². The average Bonchev–Trinajstić information content (AvgIpc) is 1.59. The summed E-state index contributed by atoms with van der Waals surface area (Å²) in [7, 11) is -1.73. The Labute approximate surface area is 62.5 Å². The van der Waals surface area contributed by atoms with Crippen LogP contribution in [-0.2, 0) is 9.16 Å². The zero-order valence-electron chi connectivity index (χ0n) is 6.93. The normalized spacial score (nSPS) is 10.8. The SMILES string of the molecule is CCOC(=O)O[Si](C)(C)C. The number of carbonyl (C=O) groups excluding carboxylic acids is 1. The lowest BCUT2D eigenvalue weighted by Crippen LogP contribution is -2.29. The molecule has 0 saturated carbocycles. The van der Waals surface area contributed by atoms with Gasteiger partial charge in [0.1, 0.15) is 0 Å². The minimum Gasteiger partial charge on any atom is -0.490 e.